The molecular formula is C15H15ClN2O3. The molecule has 2 aromatic rings. The molecule has 110 valence electrons. The molecule has 2 aromatic carbocycles. The lowest BCUT2D eigenvalue weighted by Gasteiger charge is -2.11. The van der Waals surface area contributed by atoms with Crippen LogP contribution < -0.4 is 10.1 Å². The van der Waals surface area contributed by atoms with E-state index in [-0.39, 0.29) is 5.69 Å². The number of methoxy groups -OCH3 is 1. The molecule has 0 saturated heterocycles. The fourth-order valence-electron chi connectivity index (χ4n) is 1.97. The van der Waals surface area contributed by atoms with E-state index in [4.69, 9.17) is 16.3 Å². The van der Waals surface area contributed by atoms with Gasteiger partial charge in [-0.05, 0) is 36.2 Å². The Morgan fingerprint density at radius 1 is 1.33 bits per heavy atom. The summed E-state index contributed by atoms with van der Waals surface area (Å²) in [5.74, 6) is 0.462. The van der Waals surface area contributed by atoms with Gasteiger partial charge in [0, 0.05) is 23.3 Å². The average Bonchev–Trinajstić information content (AvgIpc) is 2.48. The number of nitro groups is 1. The van der Waals surface area contributed by atoms with Crippen LogP contribution in [0.2, 0.25) is 5.02 Å². The number of nitrogens with one attached hydrogen (secondary N) is 1. The first-order valence-corrected chi connectivity index (χ1v) is 6.70. The number of ether oxygens (including phenoxy) is 1. The standard InChI is InChI=1S/C15H15ClN2O3/c1-10-14(16)4-3-5-15(10)17-9-11-6-12(18(19)20)8-13(7-11)21-2/h3-8,17H,9H2,1-2H3. The van der Waals surface area contributed by atoms with Gasteiger partial charge >= 0.3 is 0 Å². The topological polar surface area (TPSA) is 64.4 Å². The van der Waals surface area contributed by atoms with Gasteiger partial charge in [-0.25, -0.2) is 0 Å². The summed E-state index contributed by atoms with van der Waals surface area (Å²) in [7, 11) is 1.48. The number of hydrogen-bond acceptors (Lipinski definition) is 4. The highest BCUT2D eigenvalue weighted by atomic mass is 35.5. The summed E-state index contributed by atoms with van der Waals surface area (Å²) < 4.78 is 5.09. The van der Waals surface area contributed by atoms with Crippen molar-refractivity contribution in [2.24, 2.45) is 0 Å². The van der Waals surface area contributed by atoms with Crippen LogP contribution in [-0.4, -0.2) is 12.0 Å². The van der Waals surface area contributed by atoms with Crippen molar-refractivity contribution in [3.05, 3.63) is 62.7 Å². The second kappa shape index (κ2) is 6.45. The van der Waals surface area contributed by atoms with Crippen LogP contribution in [0.15, 0.2) is 36.4 Å². The lowest BCUT2D eigenvalue weighted by Crippen LogP contribution is -2.02. The molecule has 21 heavy (non-hydrogen) atoms. The van der Waals surface area contributed by atoms with Crippen molar-refractivity contribution in [1.82, 2.24) is 0 Å². The van der Waals surface area contributed by atoms with Crippen molar-refractivity contribution in [2.45, 2.75) is 13.5 Å². The molecule has 0 saturated carbocycles. The lowest BCUT2D eigenvalue weighted by molar-refractivity contribution is -0.385. The summed E-state index contributed by atoms with van der Waals surface area (Å²) in [5, 5.41) is 14.8. The summed E-state index contributed by atoms with van der Waals surface area (Å²) in [6, 6.07) is 10.3. The minimum Gasteiger partial charge on any atom is -0.496 e. The minimum absolute atomic E-state index is 0.00830. The van der Waals surface area contributed by atoms with E-state index in [1.807, 2.05) is 25.1 Å². The first kappa shape index (κ1) is 15.1. The summed E-state index contributed by atoms with van der Waals surface area (Å²) in [6.07, 6.45) is 0. The van der Waals surface area contributed by atoms with E-state index in [2.05, 4.69) is 5.32 Å². The maximum absolute atomic E-state index is 10.9. The molecule has 0 fully saturated rings. The molecule has 0 radical (unpaired) electrons. The first-order chi connectivity index (χ1) is 10.0. The molecule has 0 aliphatic carbocycles. The summed E-state index contributed by atoms with van der Waals surface area (Å²) in [4.78, 5) is 10.5. The number of hydrogen-bond donors (Lipinski definition) is 1. The molecule has 0 aliphatic heterocycles. The van der Waals surface area contributed by atoms with Gasteiger partial charge in [0.15, 0.2) is 0 Å². The van der Waals surface area contributed by atoms with Crippen molar-refractivity contribution in [3.8, 4) is 5.75 Å². The zero-order chi connectivity index (χ0) is 15.4. The molecule has 0 aliphatic rings. The van der Waals surface area contributed by atoms with Crippen LogP contribution in [0, 0.1) is 17.0 Å². The van der Waals surface area contributed by atoms with Crippen molar-refractivity contribution >= 4 is 23.0 Å². The molecular weight excluding hydrogens is 292 g/mol. The van der Waals surface area contributed by atoms with Crippen molar-refractivity contribution in [1.29, 1.82) is 0 Å². The first-order valence-electron chi connectivity index (χ1n) is 6.32. The number of nitro benzene ring substituents is 1. The highest BCUT2D eigenvalue weighted by Crippen LogP contribution is 2.26. The van der Waals surface area contributed by atoms with E-state index in [0.717, 1.165) is 16.8 Å². The van der Waals surface area contributed by atoms with Crippen molar-refractivity contribution < 1.29 is 9.66 Å². The van der Waals surface area contributed by atoms with Gasteiger partial charge in [0.1, 0.15) is 5.75 Å². The van der Waals surface area contributed by atoms with E-state index in [1.165, 1.54) is 19.2 Å². The Balaban J connectivity index is 2.21. The highest BCUT2D eigenvalue weighted by molar-refractivity contribution is 6.31. The van der Waals surface area contributed by atoms with E-state index in [1.54, 1.807) is 6.07 Å². The number of halogens is 1. The summed E-state index contributed by atoms with van der Waals surface area (Å²) in [5.41, 5.74) is 2.61. The smallest absolute Gasteiger partial charge is 0.273 e. The monoisotopic (exact) mass is 306 g/mol. The zero-order valence-corrected chi connectivity index (χ0v) is 12.5. The predicted octanol–water partition coefficient (Wildman–Crippen LogP) is 4.18. The van der Waals surface area contributed by atoms with Gasteiger partial charge in [0.05, 0.1) is 18.1 Å². The van der Waals surface area contributed by atoms with Crippen LogP contribution in [0.5, 0.6) is 5.75 Å². The van der Waals surface area contributed by atoms with Gasteiger partial charge in [0.2, 0.25) is 0 Å². The average molecular weight is 307 g/mol. The second-order valence-electron chi connectivity index (χ2n) is 4.56. The van der Waals surface area contributed by atoms with Gasteiger partial charge in [-0.2, -0.15) is 0 Å². The molecule has 0 spiro atoms. The zero-order valence-electron chi connectivity index (χ0n) is 11.7. The van der Waals surface area contributed by atoms with E-state index in [0.29, 0.717) is 17.3 Å². The lowest BCUT2D eigenvalue weighted by atomic mass is 10.1. The van der Waals surface area contributed by atoms with Crippen LogP contribution in [0.25, 0.3) is 0 Å². The quantitative estimate of drug-likeness (QED) is 0.665. The Morgan fingerprint density at radius 2 is 2.10 bits per heavy atom. The van der Waals surface area contributed by atoms with Gasteiger partial charge < -0.3 is 10.1 Å². The molecule has 2 rings (SSSR count). The van der Waals surface area contributed by atoms with Crippen LogP contribution in [0.3, 0.4) is 0 Å². The van der Waals surface area contributed by atoms with Crippen LogP contribution in [0.1, 0.15) is 11.1 Å². The van der Waals surface area contributed by atoms with Crippen LogP contribution in [-0.2, 0) is 6.54 Å². The Kier molecular flexibility index (Phi) is 4.65. The number of benzene rings is 2. The number of nitrogens with zero attached hydrogens (tertiary/aromatic N) is 1. The van der Waals surface area contributed by atoms with E-state index in [9.17, 15) is 10.1 Å². The third-order valence-corrected chi connectivity index (χ3v) is 3.56. The second-order valence-corrected chi connectivity index (χ2v) is 4.97. The summed E-state index contributed by atoms with van der Waals surface area (Å²) in [6.45, 7) is 2.36. The van der Waals surface area contributed by atoms with Crippen LogP contribution >= 0.6 is 11.6 Å². The normalized spacial score (nSPS) is 10.2. The maximum Gasteiger partial charge on any atom is 0.273 e. The third kappa shape index (κ3) is 3.64. The molecule has 0 bridgehead atoms. The van der Waals surface area contributed by atoms with E-state index >= 15 is 0 Å². The van der Waals surface area contributed by atoms with Crippen LogP contribution in [0.4, 0.5) is 11.4 Å². The molecule has 0 amide bonds. The number of non-ortho nitro benzene ring substituents is 1. The maximum atomic E-state index is 10.9. The fourth-order valence-corrected chi connectivity index (χ4v) is 2.14. The molecule has 6 heteroatoms. The minimum atomic E-state index is -0.434. The molecule has 5 nitrogen and oxygen atoms in total. The van der Waals surface area contributed by atoms with Gasteiger partial charge in [-0.1, -0.05) is 17.7 Å². The van der Waals surface area contributed by atoms with Gasteiger partial charge in [-0.15, -0.1) is 0 Å². The van der Waals surface area contributed by atoms with Crippen molar-refractivity contribution in [3.63, 3.8) is 0 Å². The number of rotatable bonds is 5. The van der Waals surface area contributed by atoms with Gasteiger partial charge in [-0.3, -0.25) is 10.1 Å². The Morgan fingerprint density at radius 3 is 2.76 bits per heavy atom. The molecule has 0 aromatic heterocycles. The van der Waals surface area contributed by atoms with E-state index < -0.39 is 4.92 Å². The SMILES string of the molecule is COc1cc(CNc2cccc(Cl)c2C)cc([N+](=O)[O-])c1. The molecule has 0 unspecified atom stereocenters. The highest BCUT2D eigenvalue weighted by Gasteiger charge is 2.10. The Labute approximate surface area is 127 Å². The molecule has 1 N–H and O–H groups in total. The van der Waals surface area contributed by atoms with Crippen molar-refractivity contribution in [2.75, 3.05) is 12.4 Å². The predicted molar refractivity (Wildman–Crippen MR) is 83.2 cm³/mol. The summed E-state index contributed by atoms with van der Waals surface area (Å²) >= 11 is 6.06. The molecule has 0 atom stereocenters. The number of anilines is 1. The third-order valence-electron chi connectivity index (χ3n) is 3.15. The Bertz CT molecular complexity index is 674. The fraction of sp³-hybridized carbons (Fsp3) is 0.200. The largest absolute Gasteiger partial charge is 0.496 e. The Hall–Kier alpha value is -2.27. The molecule has 0 heterocycles. The van der Waals surface area contributed by atoms with Gasteiger partial charge in [0.25, 0.3) is 5.69 Å².